The van der Waals surface area contributed by atoms with Crippen molar-refractivity contribution < 1.29 is 10.2 Å². The SMILES string of the molecule is OC(c1ccnn1-c1ccccc1)C(O)C1CCCCC1. The average Bonchev–Trinajstić information content (AvgIpc) is 3.04. The Bertz CT molecular complexity index is 561. The molecule has 112 valence electrons. The molecular weight excluding hydrogens is 264 g/mol. The van der Waals surface area contributed by atoms with E-state index < -0.39 is 12.2 Å². The summed E-state index contributed by atoms with van der Waals surface area (Å²) < 4.78 is 1.71. The summed E-state index contributed by atoms with van der Waals surface area (Å²) in [5, 5.41) is 25.3. The highest BCUT2D eigenvalue weighted by Gasteiger charge is 2.30. The smallest absolute Gasteiger partial charge is 0.122 e. The molecule has 0 bridgehead atoms. The summed E-state index contributed by atoms with van der Waals surface area (Å²) in [5.74, 6) is 0.188. The first-order chi connectivity index (χ1) is 10.3. The van der Waals surface area contributed by atoms with E-state index in [4.69, 9.17) is 0 Å². The van der Waals surface area contributed by atoms with Crippen LogP contribution in [0.1, 0.15) is 43.9 Å². The minimum absolute atomic E-state index is 0.188. The minimum Gasteiger partial charge on any atom is -0.390 e. The summed E-state index contributed by atoms with van der Waals surface area (Å²) in [4.78, 5) is 0. The van der Waals surface area contributed by atoms with Gasteiger partial charge in [-0.2, -0.15) is 5.10 Å². The van der Waals surface area contributed by atoms with Gasteiger partial charge in [-0.05, 0) is 37.0 Å². The van der Waals surface area contributed by atoms with Gasteiger partial charge in [-0.25, -0.2) is 4.68 Å². The third-order valence-electron chi connectivity index (χ3n) is 4.43. The number of aliphatic hydroxyl groups is 2. The van der Waals surface area contributed by atoms with E-state index in [0.717, 1.165) is 31.4 Å². The Kier molecular flexibility index (Phi) is 4.36. The number of para-hydroxylation sites is 1. The Labute approximate surface area is 125 Å². The van der Waals surface area contributed by atoms with Gasteiger partial charge in [-0.1, -0.05) is 37.5 Å². The number of hydrogen-bond donors (Lipinski definition) is 2. The van der Waals surface area contributed by atoms with Crippen LogP contribution in [0.25, 0.3) is 5.69 Å². The third kappa shape index (κ3) is 3.01. The maximum Gasteiger partial charge on any atom is 0.122 e. The molecule has 21 heavy (non-hydrogen) atoms. The zero-order valence-corrected chi connectivity index (χ0v) is 12.1. The molecule has 4 nitrogen and oxygen atoms in total. The van der Waals surface area contributed by atoms with Gasteiger partial charge in [0.25, 0.3) is 0 Å². The number of hydrogen-bond acceptors (Lipinski definition) is 3. The van der Waals surface area contributed by atoms with E-state index in [1.54, 1.807) is 16.9 Å². The van der Waals surface area contributed by atoms with E-state index >= 15 is 0 Å². The molecular formula is C17H22N2O2. The predicted molar refractivity (Wildman–Crippen MR) is 81.1 cm³/mol. The predicted octanol–water partition coefficient (Wildman–Crippen LogP) is 2.85. The molecule has 3 rings (SSSR count). The van der Waals surface area contributed by atoms with Crippen molar-refractivity contribution in [2.75, 3.05) is 0 Å². The van der Waals surface area contributed by atoms with Crippen LogP contribution < -0.4 is 0 Å². The van der Waals surface area contributed by atoms with Gasteiger partial charge >= 0.3 is 0 Å². The van der Waals surface area contributed by atoms with Crippen molar-refractivity contribution in [3.05, 3.63) is 48.3 Å². The molecule has 2 N–H and O–H groups in total. The third-order valence-corrected chi connectivity index (χ3v) is 4.43. The zero-order chi connectivity index (χ0) is 14.7. The monoisotopic (exact) mass is 286 g/mol. The van der Waals surface area contributed by atoms with Crippen molar-refractivity contribution >= 4 is 0 Å². The highest BCUT2D eigenvalue weighted by Crippen LogP contribution is 2.32. The van der Waals surface area contributed by atoms with Crippen LogP contribution in [0.3, 0.4) is 0 Å². The van der Waals surface area contributed by atoms with Crippen LogP contribution in [0.5, 0.6) is 0 Å². The summed E-state index contributed by atoms with van der Waals surface area (Å²) in [6.07, 6.45) is 5.58. The topological polar surface area (TPSA) is 58.3 Å². The van der Waals surface area contributed by atoms with Crippen LogP contribution >= 0.6 is 0 Å². The molecule has 2 unspecified atom stereocenters. The van der Waals surface area contributed by atoms with Crippen molar-refractivity contribution in [3.8, 4) is 5.69 Å². The normalized spacial score (nSPS) is 19.3. The molecule has 4 heteroatoms. The fourth-order valence-electron chi connectivity index (χ4n) is 3.23. The lowest BCUT2D eigenvalue weighted by molar-refractivity contribution is -0.0315. The number of aliphatic hydroxyl groups excluding tert-OH is 2. The van der Waals surface area contributed by atoms with Gasteiger partial charge in [0.05, 0.1) is 17.5 Å². The summed E-state index contributed by atoms with van der Waals surface area (Å²) in [6, 6.07) is 11.5. The minimum atomic E-state index is -0.893. The lowest BCUT2D eigenvalue weighted by atomic mass is 9.83. The molecule has 1 aromatic heterocycles. The molecule has 1 aliphatic carbocycles. The molecule has 1 heterocycles. The van der Waals surface area contributed by atoms with E-state index in [2.05, 4.69) is 5.10 Å². The van der Waals surface area contributed by atoms with E-state index in [0.29, 0.717) is 5.69 Å². The molecule has 0 amide bonds. The maximum absolute atomic E-state index is 10.6. The molecule has 2 aromatic rings. The van der Waals surface area contributed by atoms with Crippen LogP contribution in [0, 0.1) is 5.92 Å². The zero-order valence-electron chi connectivity index (χ0n) is 12.1. The fraction of sp³-hybridized carbons (Fsp3) is 0.471. The maximum atomic E-state index is 10.6. The summed E-state index contributed by atoms with van der Waals surface area (Å²) >= 11 is 0. The second kappa shape index (κ2) is 6.41. The van der Waals surface area contributed by atoms with Crippen molar-refractivity contribution in [1.82, 2.24) is 9.78 Å². The number of nitrogens with zero attached hydrogens (tertiary/aromatic N) is 2. The molecule has 1 fully saturated rings. The first kappa shape index (κ1) is 14.3. The summed E-state index contributed by atoms with van der Waals surface area (Å²) in [5.41, 5.74) is 1.55. The van der Waals surface area contributed by atoms with Gasteiger partial charge in [0.1, 0.15) is 6.10 Å². The van der Waals surface area contributed by atoms with Crippen LogP contribution in [0.4, 0.5) is 0 Å². The summed E-state index contributed by atoms with van der Waals surface area (Å²) in [7, 11) is 0. The first-order valence-electron chi connectivity index (χ1n) is 7.73. The highest BCUT2D eigenvalue weighted by molar-refractivity contribution is 5.33. The Hall–Kier alpha value is -1.65. The van der Waals surface area contributed by atoms with Gasteiger partial charge < -0.3 is 10.2 Å². The second-order valence-electron chi connectivity index (χ2n) is 5.84. The van der Waals surface area contributed by atoms with E-state index in [1.807, 2.05) is 30.3 Å². The van der Waals surface area contributed by atoms with Crippen LogP contribution in [-0.4, -0.2) is 26.1 Å². The fourth-order valence-corrected chi connectivity index (χ4v) is 3.23. The second-order valence-corrected chi connectivity index (χ2v) is 5.84. The molecule has 1 aliphatic rings. The Morgan fingerprint density at radius 2 is 1.71 bits per heavy atom. The average molecular weight is 286 g/mol. The van der Waals surface area contributed by atoms with Crippen LogP contribution in [-0.2, 0) is 0 Å². The van der Waals surface area contributed by atoms with Crippen LogP contribution in [0.15, 0.2) is 42.6 Å². The Balaban J connectivity index is 1.82. The van der Waals surface area contributed by atoms with Crippen molar-refractivity contribution in [1.29, 1.82) is 0 Å². The number of aromatic nitrogens is 2. The van der Waals surface area contributed by atoms with Gasteiger partial charge in [0.2, 0.25) is 0 Å². The molecule has 0 radical (unpaired) electrons. The van der Waals surface area contributed by atoms with Gasteiger partial charge in [-0.15, -0.1) is 0 Å². The van der Waals surface area contributed by atoms with Gasteiger partial charge in [0, 0.05) is 6.20 Å². The Morgan fingerprint density at radius 1 is 1.00 bits per heavy atom. The molecule has 0 saturated heterocycles. The van der Waals surface area contributed by atoms with Gasteiger partial charge in [0.15, 0.2) is 0 Å². The largest absolute Gasteiger partial charge is 0.390 e. The summed E-state index contributed by atoms with van der Waals surface area (Å²) in [6.45, 7) is 0. The van der Waals surface area contributed by atoms with E-state index in [9.17, 15) is 10.2 Å². The lowest BCUT2D eigenvalue weighted by Gasteiger charge is -2.29. The lowest BCUT2D eigenvalue weighted by Crippen LogP contribution is -2.30. The standard InChI is InChI=1S/C17H22N2O2/c20-16(13-7-3-1-4-8-13)17(21)15-11-12-18-19(15)14-9-5-2-6-10-14/h2,5-6,9-13,16-17,20-21H,1,3-4,7-8H2. The Morgan fingerprint density at radius 3 is 2.43 bits per heavy atom. The highest BCUT2D eigenvalue weighted by atomic mass is 16.3. The number of benzene rings is 1. The van der Waals surface area contributed by atoms with E-state index in [-0.39, 0.29) is 5.92 Å². The molecule has 1 aromatic carbocycles. The molecule has 0 aliphatic heterocycles. The van der Waals surface area contributed by atoms with E-state index in [1.165, 1.54) is 6.42 Å². The molecule has 1 saturated carbocycles. The molecule has 2 atom stereocenters. The van der Waals surface area contributed by atoms with Crippen LogP contribution in [0.2, 0.25) is 0 Å². The van der Waals surface area contributed by atoms with Crippen molar-refractivity contribution in [2.45, 2.75) is 44.3 Å². The number of rotatable bonds is 4. The molecule has 0 spiro atoms. The van der Waals surface area contributed by atoms with Crippen molar-refractivity contribution in [2.24, 2.45) is 5.92 Å². The quantitative estimate of drug-likeness (QED) is 0.908. The van der Waals surface area contributed by atoms with Crippen molar-refractivity contribution in [3.63, 3.8) is 0 Å². The first-order valence-corrected chi connectivity index (χ1v) is 7.73. The van der Waals surface area contributed by atoms with Gasteiger partial charge in [-0.3, -0.25) is 0 Å².